The molecule has 11 heteroatoms. The van der Waals surface area contributed by atoms with E-state index in [1.165, 1.54) is 29.4 Å². The number of rotatable bonds is 5. The molecule has 1 fully saturated rings. The van der Waals surface area contributed by atoms with Gasteiger partial charge < -0.3 is 9.80 Å². The maximum atomic E-state index is 13.4. The van der Waals surface area contributed by atoms with Crippen molar-refractivity contribution in [3.05, 3.63) is 68.9 Å². The second-order valence-corrected chi connectivity index (χ2v) is 10.9. The minimum atomic E-state index is -4.57. The van der Waals surface area contributed by atoms with Crippen LogP contribution in [0, 0.1) is 6.92 Å². The molecular formula is C27H30F3N5O2S. The van der Waals surface area contributed by atoms with E-state index in [4.69, 9.17) is 0 Å². The number of hydrogen-bond acceptors (Lipinski definition) is 5. The summed E-state index contributed by atoms with van der Waals surface area (Å²) in [5.74, 6) is -0.463. The Morgan fingerprint density at radius 1 is 1.16 bits per heavy atom. The Labute approximate surface area is 223 Å². The normalized spacial score (nSPS) is 19.8. The number of amides is 2. The molecule has 0 bridgehead atoms. The van der Waals surface area contributed by atoms with Crippen molar-refractivity contribution in [1.29, 1.82) is 0 Å². The summed E-state index contributed by atoms with van der Waals surface area (Å²) in [6, 6.07) is 8.83. The molecule has 0 N–H and O–H groups in total. The van der Waals surface area contributed by atoms with Crippen molar-refractivity contribution in [1.82, 2.24) is 24.6 Å². The number of hydrogen-bond donors (Lipinski definition) is 0. The minimum absolute atomic E-state index is 0.00791. The molecule has 1 aliphatic carbocycles. The third kappa shape index (κ3) is 5.21. The van der Waals surface area contributed by atoms with Crippen LogP contribution in [0.15, 0.2) is 35.7 Å². The molecule has 0 spiro atoms. The van der Waals surface area contributed by atoms with Crippen LogP contribution in [-0.2, 0) is 23.9 Å². The first-order chi connectivity index (χ1) is 18.1. The molecule has 5 rings (SSSR count). The SMILES string of the molecule is Cc1cc(C(F)(F)F)nn1CC(=O)N1CCCCC1c1csc(C(=O)N(C)C2CCCc3ccccc32)n1. The van der Waals surface area contributed by atoms with Gasteiger partial charge in [0.1, 0.15) is 6.54 Å². The fraction of sp³-hybridized carbons (Fsp3) is 0.481. The molecule has 1 saturated heterocycles. The monoisotopic (exact) mass is 545 g/mol. The number of likely N-dealkylation sites (tertiary alicyclic amines) is 1. The van der Waals surface area contributed by atoms with Crippen molar-refractivity contribution in [2.24, 2.45) is 0 Å². The Bertz CT molecular complexity index is 1330. The van der Waals surface area contributed by atoms with Gasteiger partial charge in [0.05, 0.1) is 17.8 Å². The zero-order valence-corrected chi connectivity index (χ0v) is 22.2. The summed E-state index contributed by atoms with van der Waals surface area (Å²) in [4.78, 5) is 34.7. The fourth-order valence-corrected chi connectivity index (χ4v) is 6.37. The molecule has 2 unspecified atom stereocenters. The number of piperidine rings is 1. The van der Waals surface area contributed by atoms with Crippen LogP contribution in [0.1, 0.15) is 82.2 Å². The Balaban J connectivity index is 1.32. The number of fused-ring (bicyclic) bond motifs is 1. The Morgan fingerprint density at radius 2 is 1.95 bits per heavy atom. The summed E-state index contributed by atoms with van der Waals surface area (Å²) in [7, 11) is 1.81. The summed E-state index contributed by atoms with van der Waals surface area (Å²) in [5.41, 5.74) is 2.36. The number of nitrogens with zero attached hydrogens (tertiary/aromatic N) is 5. The highest BCUT2D eigenvalue weighted by atomic mass is 32.1. The van der Waals surface area contributed by atoms with E-state index in [-0.39, 0.29) is 36.1 Å². The predicted molar refractivity (Wildman–Crippen MR) is 137 cm³/mol. The molecule has 1 aliphatic heterocycles. The van der Waals surface area contributed by atoms with E-state index >= 15 is 0 Å². The molecule has 2 aliphatic rings. The van der Waals surface area contributed by atoms with Gasteiger partial charge in [-0.25, -0.2) is 4.98 Å². The molecule has 38 heavy (non-hydrogen) atoms. The lowest BCUT2D eigenvalue weighted by atomic mass is 9.87. The lowest BCUT2D eigenvalue weighted by molar-refractivity contribution is -0.142. The van der Waals surface area contributed by atoms with Crippen molar-refractivity contribution in [2.45, 2.75) is 70.3 Å². The predicted octanol–water partition coefficient (Wildman–Crippen LogP) is 5.57. The molecule has 1 aromatic carbocycles. The van der Waals surface area contributed by atoms with Crippen LogP contribution < -0.4 is 0 Å². The quantitative estimate of drug-likeness (QED) is 0.420. The first-order valence-corrected chi connectivity index (χ1v) is 13.7. The lowest BCUT2D eigenvalue weighted by Gasteiger charge is -2.35. The maximum absolute atomic E-state index is 13.4. The van der Waals surface area contributed by atoms with Gasteiger partial charge in [0, 0.05) is 24.7 Å². The van der Waals surface area contributed by atoms with Crippen molar-refractivity contribution >= 4 is 23.2 Å². The van der Waals surface area contributed by atoms with Crippen LogP contribution in [0.3, 0.4) is 0 Å². The van der Waals surface area contributed by atoms with E-state index < -0.39 is 11.9 Å². The highest BCUT2D eigenvalue weighted by Crippen LogP contribution is 2.36. The molecule has 202 valence electrons. The maximum Gasteiger partial charge on any atom is 0.435 e. The van der Waals surface area contributed by atoms with Crippen LogP contribution in [0.25, 0.3) is 0 Å². The molecule has 0 saturated carbocycles. The van der Waals surface area contributed by atoms with Crippen LogP contribution >= 0.6 is 11.3 Å². The Morgan fingerprint density at radius 3 is 2.71 bits per heavy atom. The van der Waals surface area contributed by atoms with Crippen LogP contribution in [0.4, 0.5) is 13.2 Å². The van der Waals surface area contributed by atoms with E-state index in [9.17, 15) is 22.8 Å². The van der Waals surface area contributed by atoms with Gasteiger partial charge in [-0.3, -0.25) is 14.3 Å². The van der Waals surface area contributed by atoms with Gasteiger partial charge in [0.25, 0.3) is 5.91 Å². The summed E-state index contributed by atoms with van der Waals surface area (Å²) < 4.78 is 40.3. The van der Waals surface area contributed by atoms with Crippen molar-refractivity contribution in [3.8, 4) is 0 Å². The molecule has 3 heterocycles. The standard InChI is InChI=1S/C27H30F3N5O2S/c1-17-14-23(27(28,29)30)32-35(17)15-24(36)34-13-6-5-11-22(34)20-16-38-25(31-20)26(37)33(2)21-12-7-9-18-8-3-4-10-19(18)21/h3-4,8,10,14,16,21-22H,5-7,9,11-13,15H2,1-2H3. The minimum Gasteiger partial charge on any atom is -0.333 e. The number of aromatic nitrogens is 3. The second-order valence-electron chi connectivity index (χ2n) is 10.0. The number of benzene rings is 1. The average Bonchev–Trinajstić information content (AvgIpc) is 3.55. The van der Waals surface area contributed by atoms with E-state index in [0.717, 1.165) is 42.9 Å². The largest absolute Gasteiger partial charge is 0.435 e. The zero-order valence-electron chi connectivity index (χ0n) is 21.4. The third-order valence-corrected chi connectivity index (χ3v) is 8.40. The smallest absolute Gasteiger partial charge is 0.333 e. The van der Waals surface area contributed by atoms with E-state index in [2.05, 4.69) is 22.2 Å². The van der Waals surface area contributed by atoms with E-state index in [0.29, 0.717) is 23.7 Å². The number of aryl methyl sites for hydroxylation is 2. The highest BCUT2D eigenvalue weighted by molar-refractivity contribution is 7.11. The number of carbonyl (C=O) groups is 2. The van der Waals surface area contributed by atoms with Gasteiger partial charge in [-0.15, -0.1) is 11.3 Å². The number of halogens is 3. The second kappa shape index (κ2) is 10.5. The van der Waals surface area contributed by atoms with Crippen molar-refractivity contribution < 1.29 is 22.8 Å². The summed E-state index contributed by atoms with van der Waals surface area (Å²) in [5, 5.41) is 5.80. The summed E-state index contributed by atoms with van der Waals surface area (Å²) >= 11 is 1.27. The Hall–Kier alpha value is -3.21. The highest BCUT2D eigenvalue weighted by Gasteiger charge is 2.36. The molecule has 7 nitrogen and oxygen atoms in total. The van der Waals surface area contributed by atoms with Crippen LogP contribution in [0.2, 0.25) is 0 Å². The fourth-order valence-electron chi connectivity index (χ4n) is 5.53. The van der Waals surface area contributed by atoms with Gasteiger partial charge in [0.15, 0.2) is 10.7 Å². The van der Waals surface area contributed by atoms with Gasteiger partial charge in [-0.2, -0.15) is 18.3 Å². The van der Waals surface area contributed by atoms with Crippen molar-refractivity contribution in [3.63, 3.8) is 0 Å². The van der Waals surface area contributed by atoms with Crippen LogP contribution in [-0.4, -0.2) is 50.0 Å². The molecule has 0 radical (unpaired) electrons. The molecule has 3 aromatic rings. The van der Waals surface area contributed by atoms with Gasteiger partial charge in [0.2, 0.25) is 5.91 Å². The number of alkyl halides is 3. The molecular weight excluding hydrogens is 515 g/mol. The Kier molecular flexibility index (Phi) is 7.30. The van der Waals surface area contributed by atoms with Gasteiger partial charge in [-0.1, -0.05) is 24.3 Å². The van der Waals surface area contributed by atoms with E-state index in [1.54, 1.807) is 9.80 Å². The molecule has 2 amide bonds. The van der Waals surface area contributed by atoms with Crippen molar-refractivity contribution in [2.75, 3.05) is 13.6 Å². The number of carbonyl (C=O) groups excluding carboxylic acids is 2. The van der Waals surface area contributed by atoms with E-state index in [1.807, 2.05) is 24.6 Å². The average molecular weight is 546 g/mol. The molecule has 2 atom stereocenters. The van der Waals surface area contributed by atoms with Gasteiger partial charge in [-0.05, 0) is 62.6 Å². The zero-order chi connectivity index (χ0) is 27.0. The molecule has 2 aromatic heterocycles. The first kappa shape index (κ1) is 26.4. The summed E-state index contributed by atoms with van der Waals surface area (Å²) in [6.45, 7) is 1.70. The third-order valence-electron chi connectivity index (χ3n) is 7.55. The lowest BCUT2D eigenvalue weighted by Crippen LogP contribution is -2.40. The number of thiazole rings is 1. The van der Waals surface area contributed by atoms with Gasteiger partial charge >= 0.3 is 6.18 Å². The van der Waals surface area contributed by atoms with Crippen LogP contribution in [0.5, 0.6) is 0 Å². The summed E-state index contributed by atoms with van der Waals surface area (Å²) in [6.07, 6.45) is 0.731. The first-order valence-electron chi connectivity index (χ1n) is 12.8. The topological polar surface area (TPSA) is 71.3 Å².